The number of benzene rings is 1. The normalized spacial score (nSPS) is 11.9. The van der Waals surface area contributed by atoms with E-state index in [1.54, 1.807) is 18.2 Å². The van der Waals surface area contributed by atoms with Crippen LogP contribution in [0.4, 0.5) is 0 Å². The van der Waals surface area contributed by atoms with Gasteiger partial charge < -0.3 is 10.4 Å². The molecule has 0 fully saturated rings. The molecule has 4 nitrogen and oxygen atoms in total. The first kappa shape index (κ1) is 14.0. The summed E-state index contributed by atoms with van der Waals surface area (Å²) in [4.78, 5) is 22.0. The number of carboxylic acids is 1. The van der Waals surface area contributed by atoms with Crippen LogP contribution >= 0.6 is 27.5 Å². The van der Waals surface area contributed by atoms with E-state index in [4.69, 9.17) is 16.7 Å². The van der Waals surface area contributed by atoms with E-state index in [0.29, 0.717) is 5.02 Å². The van der Waals surface area contributed by atoms with Gasteiger partial charge in [0.1, 0.15) is 5.92 Å². The summed E-state index contributed by atoms with van der Waals surface area (Å²) in [5, 5.41) is 11.7. The molecule has 1 aromatic rings. The SMILES string of the molecule is CC(C(=O)O)C(=O)NCc1ccc(Br)cc1Cl. The van der Waals surface area contributed by atoms with Crippen LogP contribution in [0.1, 0.15) is 12.5 Å². The standard InChI is InChI=1S/C11H11BrClNO3/c1-6(11(16)17)10(15)14-5-7-2-3-8(12)4-9(7)13/h2-4,6H,5H2,1H3,(H,14,15)(H,16,17). The summed E-state index contributed by atoms with van der Waals surface area (Å²) in [6.07, 6.45) is 0. The lowest BCUT2D eigenvalue weighted by molar-refractivity contribution is -0.146. The zero-order chi connectivity index (χ0) is 13.0. The van der Waals surface area contributed by atoms with Crippen molar-refractivity contribution in [3.05, 3.63) is 33.3 Å². The van der Waals surface area contributed by atoms with Crippen LogP contribution < -0.4 is 5.32 Å². The van der Waals surface area contributed by atoms with E-state index in [0.717, 1.165) is 10.0 Å². The van der Waals surface area contributed by atoms with Crippen molar-refractivity contribution in [2.45, 2.75) is 13.5 Å². The molecule has 1 rings (SSSR count). The van der Waals surface area contributed by atoms with Gasteiger partial charge in [-0.15, -0.1) is 0 Å². The molecule has 0 saturated carbocycles. The van der Waals surface area contributed by atoms with Crippen LogP contribution in [0.25, 0.3) is 0 Å². The van der Waals surface area contributed by atoms with Crippen molar-refractivity contribution in [2.24, 2.45) is 5.92 Å². The minimum Gasteiger partial charge on any atom is -0.481 e. The third kappa shape index (κ3) is 4.02. The van der Waals surface area contributed by atoms with Gasteiger partial charge in [0.15, 0.2) is 0 Å². The molecule has 0 saturated heterocycles. The highest BCUT2D eigenvalue weighted by Gasteiger charge is 2.19. The van der Waals surface area contributed by atoms with Crippen molar-refractivity contribution >= 4 is 39.4 Å². The van der Waals surface area contributed by atoms with Gasteiger partial charge in [-0.1, -0.05) is 33.6 Å². The molecular weight excluding hydrogens is 309 g/mol. The van der Waals surface area contributed by atoms with Crippen LogP contribution in [0.2, 0.25) is 5.02 Å². The lowest BCUT2D eigenvalue weighted by Crippen LogP contribution is -2.33. The first-order valence-electron chi connectivity index (χ1n) is 4.86. The van der Waals surface area contributed by atoms with Gasteiger partial charge in [0, 0.05) is 16.0 Å². The topological polar surface area (TPSA) is 66.4 Å². The van der Waals surface area contributed by atoms with E-state index >= 15 is 0 Å². The Labute approximate surface area is 112 Å². The lowest BCUT2D eigenvalue weighted by atomic mass is 10.1. The second kappa shape index (κ2) is 6.02. The number of halogens is 2. The third-order valence-electron chi connectivity index (χ3n) is 2.23. The number of hydrogen-bond donors (Lipinski definition) is 2. The minimum atomic E-state index is -1.15. The fourth-order valence-electron chi connectivity index (χ4n) is 1.11. The molecule has 17 heavy (non-hydrogen) atoms. The number of nitrogens with one attached hydrogen (secondary N) is 1. The van der Waals surface area contributed by atoms with E-state index in [1.807, 2.05) is 0 Å². The molecule has 0 radical (unpaired) electrons. The maximum Gasteiger partial charge on any atom is 0.315 e. The first-order valence-corrected chi connectivity index (χ1v) is 6.03. The van der Waals surface area contributed by atoms with Crippen LogP contribution in [0, 0.1) is 5.92 Å². The highest BCUT2D eigenvalue weighted by molar-refractivity contribution is 9.10. The number of carbonyl (C=O) groups is 2. The molecule has 1 atom stereocenters. The van der Waals surface area contributed by atoms with Crippen LogP contribution in [0.15, 0.2) is 22.7 Å². The largest absolute Gasteiger partial charge is 0.481 e. The number of aliphatic carboxylic acids is 1. The van der Waals surface area contributed by atoms with Crippen molar-refractivity contribution in [3.63, 3.8) is 0 Å². The van der Waals surface area contributed by atoms with E-state index in [1.165, 1.54) is 6.92 Å². The fraction of sp³-hybridized carbons (Fsp3) is 0.273. The Morgan fingerprint density at radius 2 is 2.18 bits per heavy atom. The fourth-order valence-corrected chi connectivity index (χ4v) is 1.85. The Kier molecular flexibility index (Phi) is 4.96. The molecule has 0 heterocycles. The number of carboxylic acid groups (broad SMARTS) is 1. The molecule has 0 bridgehead atoms. The van der Waals surface area contributed by atoms with Crippen molar-refractivity contribution in [3.8, 4) is 0 Å². The van der Waals surface area contributed by atoms with Gasteiger partial charge in [-0.2, -0.15) is 0 Å². The van der Waals surface area contributed by atoms with Crippen LogP contribution in [0.3, 0.4) is 0 Å². The Balaban J connectivity index is 2.62. The first-order chi connectivity index (χ1) is 7.91. The zero-order valence-corrected chi connectivity index (χ0v) is 11.4. The molecule has 0 aliphatic rings. The summed E-state index contributed by atoms with van der Waals surface area (Å²) in [7, 11) is 0. The number of rotatable bonds is 4. The molecule has 0 aromatic heterocycles. The quantitative estimate of drug-likeness (QED) is 0.837. The van der Waals surface area contributed by atoms with Gasteiger partial charge in [0.2, 0.25) is 5.91 Å². The van der Waals surface area contributed by atoms with E-state index < -0.39 is 17.8 Å². The Bertz CT molecular complexity index is 450. The zero-order valence-electron chi connectivity index (χ0n) is 9.04. The number of hydrogen-bond acceptors (Lipinski definition) is 2. The second-order valence-electron chi connectivity index (χ2n) is 3.51. The summed E-state index contributed by atoms with van der Waals surface area (Å²) in [6.45, 7) is 1.55. The van der Waals surface area contributed by atoms with Crippen molar-refractivity contribution in [1.29, 1.82) is 0 Å². The van der Waals surface area contributed by atoms with Crippen LogP contribution in [-0.4, -0.2) is 17.0 Å². The van der Waals surface area contributed by atoms with Gasteiger partial charge in [-0.05, 0) is 24.6 Å². The molecule has 0 aliphatic heterocycles. The maximum atomic E-state index is 11.4. The highest BCUT2D eigenvalue weighted by atomic mass is 79.9. The smallest absolute Gasteiger partial charge is 0.315 e. The lowest BCUT2D eigenvalue weighted by Gasteiger charge is -2.09. The monoisotopic (exact) mass is 319 g/mol. The second-order valence-corrected chi connectivity index (χ2v) is 4.84. The average Bonchev–Trinajstić information content (AvgIpc) is 2.26. The third-order valence-corrected chi connectivity index (χ3v) is 3.08. The predicted octanol–water partition coefficient (Wildman–Crippen LogP) is 2.44. The Morgan fingerprint density at radius 3 is 2.71 bits per heavy atom. The predicted molar refractivity (Wildman–Crippen MR) is 67.8 cm³/mol. The molecule has 6 heteroatoms. The molecule has 1 unspecified atom stereocenters. The summed E-state index contributed by atoms with van der Waals surface area (Å²) in [6, 6.07) is 5.27. The van der Waals surface area contributed by atoms with E-state index in [9.17, 15) is 9.59 Å². The highest BCUT2D eigenvalue weighted by Crippen LogP contribution is 2.21. The molecule has 1 amide bonds. The van der Waals surface area contributed by atoms with Crippen molar-refractivity contribution < 1.29 is 14.7 Å². The Morgan fingerprint density at radius 1 is 1.53 bits per heavy atom. The molecular formula is C11H11BrClNO3. The summed E-state index contributed by atoms with van der Waals surface area (Å²) >= 11 is 9.23. The molecule has 2 N–H and O–H groups in total. The van der Waals surface area contributed by atoms with Gasteiger partial charge in [0.05, 0.1) is 0 Å². The molecule has 1 aromatic carbocycles. The van der Waals surface area contributed by atoms with E-state index in [2.05, 4.69) is 21.2 Å². The van der Waals surface area contributed by atoms with Crippen LogP contribution in [-0.2, 0) is 16.1 Å². The molecule has 0 spiro atoms. The van der Waals surface area contributed by atoms with Crippen LogP contribution in [0.5, 0.6) is 0 Å². The van der Waals surface area contributed by atoms with Gasteiger partial charge in [-0.3, -0.25) is 9.59 Å². The summed E-state index contributed by atoms with van der Waals surface area (Å²) in [5.41, 5.74) is 0.737. The molecule has 0 aliphatic carbocycles. The van der Waals surface area contributed by atoms with Gasteiger partial charge in [-0.25, -0.2) is 0 Å². The van der Waals surface area contributed by atoms with Crippen molar-refractivity contribution in [1.82, 2.24) is 5.32 Å². The van der Waals surface area contributed by atoms with Crippen molar-refractivity contribution in [2.75, 3.05) is 0 Å². The van der Waals surface area contributed by atoms with Gasteiger partial charge >= 0.3 is 5.97 Å². The summed E-state index contributed by atoms with van der Waals surface area (Å²) < 4.78 is 0.844. The average molecular weight is 321 g/mol. The molecule has 92 valence electrons. The maximum absolute atomic E-state index is 11.4. The Hall–Kier alpha value is -1.07. The van der Waals surface area contributed by atoms with Gasteiger partial charge in [0.25, 0.3) is 0 Å². The number of carbonyl (C=O) groups excluding carboxylic acids is 1. The van der Waals surface area contributed by atoms with E-state index in [-0.39, 0.29) is 6.54 Å². The summed E-state index contributed by atoms with van der Waals surface area (Å²) in [5.74, 6) is -2.75. The number of amides is 1. The minimum absolute atomic E-state index is 0.211.